The lowest BCUT2D eigenvalue weighted by molar-refractivity contribution is 0.0915. The number of amides is 1. The molecule has 5 nitrogen and oxygen atoms in total. The highest BCUT2D eigenvalue weighted by Crippen LogP contribution is 2.15. The summed E-state index contributed by atoms with van der Waals surface area (Å²) in [7, 11) is 0. The molecule has 2 aromatic rings. The van der Waals surface area contributed by atoms with Gasteiger partial charge in [0.25, 0.3) is 5.91 Å². The number of aliphatic hydroxyl groups is 1. The second-order valence-electron chi connectivity index (χ2n) is 4.52. The molecule has 0 saturated heterocycles. The molecule has 0 bridgehead atoms. The predicted molar refractivity (Wildman–Crippen MR) is 77.1 cm³/mol. The smallest absolute Gasteiger partial charge is 0.253 e. The van der Waals surface area contributed by atoms with Crippen molar-refractivity contribution in [2.45, 2.75) is 13.0 Å². The van der Waals surface area contributed by atoms with Gasteiger partial charge in [0.2, 0.25) is 0 Å². The summed E-state index contributed by atoms with van der Waals surface area (Å²) < 4.78 is 0. The van der Waals surface area contributed by atoms with Gasteiger partial charge in [-0.2, -0.15) is 0 Å². The van der Waals surface area contributed by atoms with Crippen LogP contribution >= 0.6 is 0 Å². The maximum absolute atomic E-state index is 12.2. The van der Waals surface area contributed by atoms with Crippen LogP contribution in [0.5, 0.6) is 0 Å². The first kappa shape index (κ1) is 14.0. The van der Waals surface area contributed by atoms with Crippen molar-refractivity contribution in [1.29, 1.82) is 0 Å². The molecule has 1 aromatic heterocycles. The molecular formula is C15H17N3O2. The number of carbonyl (C=O) groups excluding carboxylic acids is 1. The third-order valence-electron chi connectivity index (χ3n) is 3.04. The van der Waals surface area contributed by atoms with E-state index in [1.165, 1.54) is 6.20 Å². The third-order valence-corrected chi connectivity index (χ3v) is 3.04. The molecule has 0 saturated carbocycles. The zero-order valence-corrected chi connectivity index (χ0v) is 11.2. The standard InChI is InChI=1S/C15H17N3O2/c1-10-13(7-12(16)8-17-10)15(20)18-14(9-19)11-5-3-2-4-6-11/h2-8,14,19H,9,16H2,1H3,(H,18,20)/t14-/m1/s1. The molecular weight excluding hydrogens is 254 g/mol. The zero-order valence-electron chi connectivity index (χ0n) is 11.2. The number of hydrogen-bond acceptors (Lipinski definition) is 4. The summed E-state index contributed by atoms with van der Waals surface area (Å²) in [5, 5.41) is 12.2. The molecule has 1 aromatic carbocycles. The van der Waals surface area contributed by atoms with Crippen molar-refractivity contribution in [1.82, 2.24) is 10.3 Å². The maximum Gasteiger partial charge on any atom is 0.253 e. The van der Waals surface area contributed by atoms with Crippen LogP contribution in [-0.4, -0.2) is 22.6 Å². The fraction of sp³-hybridized carbons (Fsp3) is 0.200. The van der Waals surface area contributed by atoms with E-state index in [0.717, 1.165) is 5.56 Å². The molecule has 0 aliphatic carbocycles. The first-order valence-electron chi connectivity index (χ1n) is 6.30. The van der Waals surface area contributed by atoms with E-state index in [1.807, 2.05) is 30.3 Å². The number of anilines is 1. The van der Waals surface area contributed by atoms with Gasteiger partial charge in [0.1, 0.15) is 0 Å². The monoisotopic (exact) mass is 271 g/mol. The van der Waals surface area contributed by atoms with Crippen molar-refractivity contribution < 1.29 is 9.90 Å². The summed E-state index contributed by atoms with van der Waals surface area (Å²) in [6.07, 6.45) is 1.51. The Morgan fingerprint density at radius 1 is 1.40 bits per heavy atom. The number of hydrogen-bond donors (Lipinski definition) is 3. The lowest BCUT2D eigenvalue weighted by Crippen LogP contribution is -2.31. The molecule has 4 N–H and O–H groups in total. The van der Waals surface area contributed by atoms with E-state index in [4.69, 9.17) is 5.73 Å². The summed E-state index contributed by atoms with van der Waals surface area (Å²) in [4.78, 5) is 16.3. The van der Waals surface area contributed by atoms with Crippen molar-refractivity contribution in [3.63, 3.8) is 0 Å². The first-order valence-corrected chi connectivity index (χ1v) is 6.30. The lowest BCUT2D eigenvalue weighted by Gasteiger charge is -2.17. The Morgan fingerprint density at radius 3 is 2.75 bits per heavy atom. The van der Waals surface area contributed by atoms with Gasteiger partial charge in [-0.25, -0.2) is 0 Å². The molecule has 5 heteroatoms. The van der Waals surface area contributed by atoms with Crippen molar-refractivity contribution >= 4 is 11.6 Å². The zero-order chi connectivity index (χ0) is 14.5. The van der Waals surface area contributed by atoms with Gasteiger partial charge in [0.05, 0.1) is 35.8 Å². The van der Waals surface area contributed by atoms with Crippen LogP contribution in [0.2, 0.25) is 0 Å². The van der Waals surface area contributed by atoms with E-state index in [-0.39, 0.29) is 12.5 Å². The van der Waals surface area contributed by atoms with Crippen LogP contribution < -0.4 is 11.1 Å². The molecule has 1 atom stereocenters. The van der Waals surface area contributed by atoms with Gasteiger partial charge < -0.3 is 16.2 Å². The SMILES string of the molecule is Cc1ncc(N)cc1C(=O)N[C@H](CO)c1ccccc1. The fourth-order valence-corrected chi connectivity index (χ4v) is 1.93. The molecule has 104 valence electrons. The number of nitrogen functional groups attached to an aromatic ring is 1. The van der Waals surface area contributed by atoms with E-state index >= 15 is 0 Å². The van der Waals surface area contributed by atoms with Crippen LogP contribution in [0, 0.1) is 6.92 Å². The quantitative estimate of drug-likeness (QED) is 0.785. The van der Waals surface area contributed by atoms with Crippen LogP contribution in [-0.2, 0) is 0 Å². The number of nitrogens with one attached hydrogen (secondary N) is 1. The van der Waals surface area contributed by atoms with Crippen molar-refractivity contribution in [2.75, 3.05) is 12.3 Å². The van der Waals surface area contributed by atoms with Gasteiger partial charge in [-0.3, -0.25) is 9.78 Å². The molecule has 1 amide bonds. The lowest BCUT2D eigenvalue weighted by atomic mass is 10.1. The minimum atomic E-state index is -0.454. The van der Waals surface area contributed by atoms with Crippen molar-refractivity contribution in [2.24, 2.45) is 0 Å². The van der Waals surface area contributed by atoms with Gasteiger partial charge in [-0.1, -0.05) is 30.3 Å². The van der Waals surface area contributed by atoms with Gasteiger partial charge in [-0.05, 0) is 18.6 Å². The second kappa shape index (κ2) is 6.16. The number of carbonyl (C=O) groups is 1. The van der Waals surface area contributed by atoms with Gasteiger partial charge in [0.15, 0.2) is 0 Å². The number of rotatable bonds is 4. The molecule has 2 rings (SSSR count). The number of aryl methyl sites for hydroxylation is 1. The van der Waals surface area contributed by atoms with Gasteiger partial charge in [-0.15, -0.1) is 0 Å². The third kappa shape index (κ3) is 3.13. The van der Waals surface area contributed by atoms with E-state index in [1.54, 1.807) is 13.0 Å². The number of aliphatic hydroxyl groups excluding tert-OH is 1. The van der Waals surface area contributed by atoms with E-state index in [2.05, 4.69) is 10.3 Å². The average Bonchev–Trinajstić information content (AvgIpc) is 2.48. The summed E-state index contributed by atoms with van der Waals surface area (Å²) in [6.45, 7) is 1.56. The minimum absolute atomic E-state index is 0.176. The highest BCUT2D eigenvalue weighted by molar-refractivity contribution is 5.96. The summed E-state index contributed by atoms with van der Waals surface area (Å²) in [6, 6.07) is 10.4. The summed E-state index contributed by atoms with van der Waals surface area (Å²) in [5.74, 6) is -0.301. The predicted octanol–water partition coefficient (Wildman–Crippen LogP) is 1.44. The average molecular weight is 271 g/mol. The van der Waals surface area contributed by atoms with Crippen LogP contribution in [0.4, 0.5) is 5.69 Å². The number of benzene rings is 1. The van der Waals surface area contributed by atoms with Crippen LogP contribution in [0.15, 0.2) is 42.6 Å². The Bertz CT molecular complexity index is 599. The van der Waals surface area contributed by atoms with E-state index < -0.39 is 6.04 Å². The molecule has 0 unspecified atom stereocenters. The molecule has 0 fully saturated rings. The molecule has 0 spiro atoms. The Balaban J connectivity index is 2.20. The number of nitrogens with zero attached hydrogens (tertiary/aromatic N) is 1. The number of nitrogens with two attached hydrogens (primary N) is 1. The highest BCUT2D eigenvalue weighted by atomic mass is 16.3. The number of pyridine rings is 1. The Labute approximate surface area is 117 Å². The van der Waals surface area contributed by atoms with Crippen LogP contribution in [0.25, 0.3) is 0 Å². The van der Waals surface area contributed by atoms with E-state index in [0.29, 0.717) is 16.9 Å². The first-order chi connectivity index (χ1) is 9.61. The number of aromatic nitrogens is 1. The van der Waals surface area contributed by atoms with E-state index in [9.17, 15) is 9.90 Å². The molecule has 20 heavy (non-hydrogen) atoms. The Morgan fingerprint density at radius 2 is 2.10 bits per heavy atom. The van der Waals surface area contributed by atoms with Crippen molar-refractivity contribution in [3.8, 4) is 0 Å². The molecule has 0 aliphatic rings. The molecule has 1 heterocycles. The molecule has 0 aliphatic heterocycles. The minimum Gasteiger partial charge on any atom is -0.397 e. The second-order valence-corrected chi connectivity index (χ2v) is 4.52. The van der Waals surface area contributed by atoms with Gasteiger partial charge >= 0.3 is 0 Å². The largest absolute Gasteiger partial charge is 0.397 e. The van der Waals surface area contributed by atoms with Gasteiger partial charge in [0, 0.05) is 0 Å². The summed E-state index contributed by atoms with van der Waals surface area (Å²) >= 11 is 0. The maximum atomic E-state index is 12.2. The topological polar surface area (TPSA) is 88.2 Å². The normalized spacial score (nSPS) is 11.9. The Kier molecular flexibility index (Phi) is 4.32. The Hall–Kier alpha value is -2.40. The van der Waals surface area contributed by atoms with Crippen LogP contribution in [0.1, 0.15) is 27.7 Å². The highest BCUT2D eigenvalue weighted by Gasteiger charge is 2.16. The van der Waals surface area contributed by atoms with Crippen molar-refractivity contribution in [3.05, 3.63) is 59.4 Å². The fourth-order valence-electron chi connectivity index (χ4n) is 1.93. The summed E-state index contributed by atoms with van der Waals surface area (Å²) in [5.41, 5.74) is 7.94. The molecule has 0 radical (unpaired) electrons. The van der Waals surface area contributed by atoms with Crippen LogP contribution in [0.3, 0.4) is 0 Å².